The van der Waals surface area contributed by atoms with Crippen molar-refractivity contribution in [3.63, 3.8) is 0 Å². The Hall–Kier alpha value is -3.45. The highest BCUT2D eigenvalue weighted by Crippen LogP contribution is 2.35. The standard InChI is InChI=1S/C24H27F3N8O2/c1-14(25)10-35-19-9-15(3-4-18(19)30-32-35)17-5-8-34-21(17)22(36-2)29-23(31-34)28-20-6-7-33(13-24(20,26)27)16-11-37-12-16/h3-5,8-9,14,16,20H,6-7,10-13H2,1-2H3,(H,28,31)/t14-,20+/m0/s1. The van der Waals surface area contributed by atoms with Crippen LogP contribution >= 0.6 is 0 Å². The molecule has 2 atom stereocenters. The van der Waals surface area contributed by atoms with Crippen molar-refractivity contribution in [3.8, 4) is 17.0 Å². The largest absolute Gasteiger partial charge is 0.479 e. The smallest absolute Gasteiger partial charge is 0.280 e. The van der Waals surface area contributed by atoms with Gasteiger partial charge < -0.3 is 14.8 Å². The van der Waals surface area contributed by atoms with Crippen molar-refractivity contribution in [2.45, 2.75) is 44.1 Å². The molecule has 0 aliphatic carbocycles. The molecule has 0 amide bonds. The van der Waals surface area contributed by atoms with Crippen LogP contribution in [0.1, 0.15) is 13.3 Å². The topological polar surface area (TPSA) is 94.6 Å². The van der Waals surface area contributed by atoms with Crippen LogP contribution in [0.5, 0.6) is 5.88 Å². The third kappa shape index (κ3) is 4.35. The second-order valence-corrected chi connectivity index (χ2v) is 9.63. The van der Waals surface area contributed by atoms with Crippen molar-refractivity contribution >= 4 is 22.5 Å². The number of piperidine rings is 1. The lowest BCUT2D eigenvalue weighted by Crippen LogP contribution is -2.61. The van der Waals surface area contributed by atoms with Crippen LogP contribution in [-0.4, -0.2) is 92.1 Å². The summed E-state index contributed by atoms with van der Waals surface area (Å²) >= 11 is 0. The summed E-state index contributed by atoms with van der Waals surface area (Å²) in [6.45, 7) is 2.78. The van der Waals surface area contributed by atoms with Crippen LogP contribution in [0, 0.1) is 0 Å². The fourth-order valence-electron chi connectivity index (χ4n) is 4.98. The highest BCUT2D eigenvalue weighted by Gasteiger charge is 2.47. The van der Waals surface area contributed by atoms with E-state index in [4.69, 9.17) is 9.47 Å². The number of nitrogens with zero attached hydrogens (tertiary/aromatic N) is 7. The van der Waals surface area contributed by atoms with Gasteiger partial charge in [0, 0.05) is 18.3 Å². The lowest BCUT2D eigenvalue weighted by Gasteiger charge is -2.44. The number of fused-ring (bicyclic) bond motifs is 2. The predicted octanol–water partition coefficient (Wildman–Crippen LogP) is 3.03. The van der Waals surface area contributed by atoms with Crippen molar-refractivity contribution < 1.29 is 22.6 Å². The van der Waals surface area contributed by atoms with Gasteiger partial charge >= 0.3 is 0 Å². The molecule has 1 aromatic carbocycles. The zero-order valence-electron chi connectivity index (χ0n) is 20.4. The highest BCUT2D eigenvalue weighted by atomic mass is 19.3. The summed E-state index contributed by atoms with van der Waals surface area (Å²) in [7, 11) is 1.47. The monoisotopic (exact) mass is 516 g/mol. The summed E-state index contributed by atoms with van der Waals surface area (Å²) < 4.78 is 57.4. The minimum Gasteiger partial charge on any atom is -0.479 e. The van der Waals surface area contributed by atoms with E-state index in [1.165, 1.54) is 18.7 Å². The zero-order chi connectivity index (χ0) is 25.7. The van der Waals surface area contributed by atoms with E-state index >= 15 is 0 Å². The Kier molecular flexibility index (Phi) is 5.91. The summed E-state index contributed by atoms with van der Waals surface area (Å²) in [6.07, 6.45) is 0.902. The Bertz CT molecular complexity index is 1430. The van der Waals surface area contributed by atoms with Crippen molar-refractivity contribution in [1.29, 1.82) is 0 Å². The van der Waals surface area contributed by atoms with Crippen LogP contribution in [0.4, 0.5) is 19.1 Å². The summed E-state index contributed by atoms with van der Waals surface area (Å²) in [5.74, 6) is -2.65. The third-order valence-corrected chi connectivity index (χ3v) is 6.99. The highest BCUT2D eigenvalue weighted by molar-refractivity contribution is 5.89. The van der Waals surface area contributed by atoms with Gasteiger partial charge in [0.2, 0.25) is 11.8 Å². The number of hydrogen-bond acceptors (Lipinski definition) is 8. The average Bonchev–Trinajstić information content (AvgIpc) is 3.42. The fourth-order valence-corrected chi connectivity index (χ4v) is 4.98. The summed E-state index contributed by atoms with van der Waals surface area (Å²) in [5, 5.41) is 15.4. The number of alkyl halides is 3. The molecule has 2 fully saturated rings. The molecule has 2 aliphatic heterocycles. The average molecular weight is 517 g/mol. The number of hydrogen-bond donors (Lipinski definition) is 1. The molecule has 2 aliphatic rings. The second-order valence-electron chi connectivity index (χ2n) is 9.63. The maximum atomic E-state index is 15.0. The van der Waals surface area contributed by atoms with Crippen molar-refractivity contribution in [3.05, 3.63) is 30.5 Å². The Morgan fingerprint density at radius 2 is 2.11 bits per heavy atom. The molecule has 0 saturated carbocycles. The molecule has 13 heteroatoms. The third-order valence-electron chi connectivity index (χ3n) is 6.99. The van der Waals surface area contributed by atoms with Gasteiger partial charge in [-0.3, -0.25) is 4.90 Å². The molecule has 196 valence electrons. The Balaban J connectivity index is 1.30. The van der Waals surface area contributed by atoms with Gasteiger partial charge in [-0.15, -0.1) is 10.2 Å². The first kappa shape index (κ1) is 23.9. The molecule has 0 radical (unpaired) electrons. The van der Waals surface area contributed by atoms with Crippen molar-refractivity contribution in [2.24, 2.45) is 0 Å². The molecular formula is C24H27F3N8O2. The molecular weight excluding hydrogens is 489 g/mol. The lowest BCUT2D eigenvalue weighted by molar-refractivity contribution is -0.131. The van der Waals surface area contributed by atoms with Gasteiger partial charge in [-0.1, -0.05) is 11.3 Å². The zero-order valence-corrected chi connectivity index (χ0v) is 20.4. The summed E-state index contributed by atoms with van der Waals surface area (Å²) in [4.78, 5) is 6.21. The van der Waals surface area contributed by atoms with E-state index in [1.54, 1.807) is 15.6 Å². The van der Waals surface area contributed by atoms with Gasteiger partial charge in [0.1, 0.15) is 17.2 Å². The molecule has 2 saturated heterocycles. The summed E-state index contributed by atoms with van der Waals surface area (Å²) in [6, 6.07) is 6.37. The molecule has 37 heavy (non-hydrogen) atoms. The first-order chi connectivity index (χ1) is 17.8. The molecule has 4 aromatic rings. The number of ether oxygens (including phenoxy) is 2. The van der Waals surface area contributed by atoms with Gasteiger partial charge in [-0.05, 0) is 37.1 Å². The van der Waals surface area contributed by atoms with Crippen LogP contribution in [0.2, 0.25) is 0 Å². The molecule has 6 rings (SSSR count). The number of aromatic nitrogens is 6. The SMILES string of the molecule is COc1nc(N[C@@H]2CCN(C3COC3)CC2(F)F)nn2ccc(-c3ccc4nnn(C[C@H](C)F)c4c3)c12. The summed E-state index contributed by atoms with van der Waals surface area (Å²) in [5.41, 5.74) is 3.51. The number of rotatable bonds is 7. The van der Waals surface area contributed by atoms with Gasteiger partial charge in [-0.2, -0.15) is 4.98 Å². The van der Waals surface area contributed by atoms with E-state index in [1.807, 2.05) is 24.3 Å². The van der Waals surface area contributed by atoms with Crippen LogP contribution in [0.3, 0.4) is 0 Å². The first-order valence-corrected chi connectivity index (χ1v) is 12.2. The fraction of sp³-hybridized carbons (Fsp3) is 0.500. The van der Waals surface area contributed by atoms with Crippen LogP contribution < -0.4 is 10.1 Å². The molecule has 0 spiro atoms. The Morgan fingerprint density at radius 1 is 1.27 bits per heavy atom. The quantitative estimate of drug-likeness (QED) is 0.401. The van der Waals surface area contributed by atoms with Crippen LogP contribution in [0.25, 0.3) is 27.7 Å². The van der Waals surface area contributed by atoms with Crippen molar-refractivity contribution in [2.75, 3.05) is 38.7 Å². The first-order valence-electron chi connectivity index (χ1n) is 12.2. The van der Waals surface area contributed by atoms with Crippen LogP contribution in [-0.2, 0) is 11.3 Å². The number of likely N-dealkylation sites (tertiary alicyclic amines) is 1. The van der Waals surface area contributed by atoms with E-state index in [2.05, 4.69) is 25.7 Å². The molecule has 10 nitrogen and oxygen atoms in total. The van der Waals surface area contributed by atoms with Gasteiger partial charge in [0.05, 0.1) is 51.0 Å². The predicted molar refractivity (Wildman–Crippen MR) is 130 cm³/mol. The molecule has 3 aromatic heterocycles. The van der Waals surface area contributed by atoms with Crippen molar-refractivity contribution in [1.82, 2.24) is 34.5 Å². The second kappa shape index (κ2) is 9.14. The molecule has 5 heterocycles. The maximum Gasteiger partial charge on any atom is 0.280 e. The van der Waals surface area contributed by atoms with E-state index in [0.717, 1.165) is 11.1 Å². The van der Waals surface area contributed by atoms with Gasteiger partial charge in [0.15, 0.2) is 0 Å². The molecule has 1 N–H and O–H groups in total. The van der Waals surface area contributed by atoms with Gasteiger partial charge in [-0.25, -0.2) is 22.4 Å². The molecule has 0 bridgehead atoms. The lowest BCUT2D eigenvalue weighted by atomic mass is 9.98. The number of benzene rings is 1. The number of halogens is 3. The Morgan fingerprint density at radius 3 is 2.81 bits per heavy atom. The molecule has 0 unspecified atom stereocenters. The number of nitrogens with one attached hydrogen (secondary N) is 1. The van der Waals surface area contributed by atoms with Crippen LogP contribution in [0.15, 0.2) is 30.5 Å². The van der Waals surface area contributed by atoms with E-state index in [0.29, 0.717) is 36.3 Å². The normalized spacial score (nSPS) is 21.3. The minimum atomic E-state index is -2.95. The number of methoxy groups -OCH3 is 1. The van der Waals surface area contributed by atoms with E-state index in [-0.39, 0.29) is 37.4 Å². The van der Waals surface area contributed by atoms with E-state index in [9.17, 15) is 13.2 Å². The van der Waals surface area contributed by atoms with E-state index < -0.39 is 18.1 Å². The minimum absolute atomic E-state index is 0.0614. The van der Waals surface area contributed by atoms with Gasteiger partial charge in [0.25, 0.3) is 5.92 Å². The Labute approximate surface area is 210 Å². The number of anilines is 1. The maximum absolute atomic E-state index is 15.0.